The molecule has 0 spiro atoms. The van der Waals surface area contributed by atoms with Crippen molar-refractivity contribution in [1.29, 1.82) is 0 Å². The van der Waals surface area contributed by atoms with Crippen LogP contribution in [0.5, 0.6) is 0 Å². The van der Waals surface area contributed by atoms with Gasteiger partial charge >= 0.3 is 12.2 Å². The molecule has 2 aromatic carbocycles. The second-order valence-corrected chi connectivity index (χ2v) is 5.67. The van der Waals surface area contributed by atoms with E-state index in [2.05, 4.69) is 16.0 Å². The Labute approximate surface area is 145 Å². The normalized spacial score (nSPS) is 13.2. The van der Waals surface area contributed by atoms with Gasteiger partial charge in [0.05, 0.1) is 12.0 Å². The third kappa shape index (κ3) is 3.76. The third-order valence-electron chi connectivity index (χ3n) is 3.86. The van der Waals surface area contributed by atoms with Crippen molar-refractivity contribution < 1.29 is 27.2 Å². The van der Waals surface area contributed by atoms with Crippen molar-refractivity contribution in [3.05, 3.63) is 58.9 Å². The van der Waals surface area contributed by atoms with Crippen LogP contribution in [0.2, 0.25) is 0 Å². The molecular formula is C17H13F4N3O2. The number of fused-ring (bicyclic) bond motifs is 1. The molecular weight excluding hydrogens is 354 g/mol. The first-order valence-corrected chi connectivity index (χ1v) is 7.56. The van der Waals surface area contributed by atoms with Crippen LogP contribution in [0.4, 0.5) is 33.7 Å². The first kappa shape index (κ1) is 17.7. The Morgan fingerprint density at radius 3 is 2.65 bits per heavy atom. The summed E-state index contributed by atoms with van der Waals surface area (Å²) in [6, 6.07) is 6.39. The number of carbonyl (C=O) groups is 2. The molecule has 2 aromatic rings. The van der Waals surface area contributed by atoms with Crippen molar-refractivity contribution in [2.24, 2.45) is 0 Å². The first-order valence-electron chi connectivity index (χ1n) is 7.56. The summed E-state index contributed by atoms with van der Waals surface area (Å²) in [7, 11) is 0. The molecule has 0 atom stereocenters. The second-order valence-electron chi connectivity index (χ2n) is 5.67. The van der Waals surface area contributed by atoms with E-state index in [1.807, 2.05) is 0 Å². The van der Waals surface area contributed by atoms with E-state index in [-0.39, 0.29) is 24.4 Å². The lowest BCUT2D eigenvalue weighted by Gasteiger charge is -2.12. The maximum atomic E-state index is 13.8. The zero-order valence-electron chi connectivity index (χ0n) is 13.2. The van der Waals surface area contributed by atoms with Crippen LogP contribution < -0.4 is 16.0 Å². The van der Waals surface area contributed by atoms with Gasteiger partial charge in [0.2, 0.25) is 5.91 Å². The van der Waals surface area contributed by atoms with Gasteiger partial charge in [-0.25, -0.2) is 9.18 Å². The van der Waals surface area contributed by atoms with Gasteiger partial charge in [0.15, 0.2) is 0 Å². The Morgan fingerprint density at radius 2 is 1.96 bits per heavy atom. The number of carbonyl (C=O) groups excluding carboxylic acids is 2. The van der Waals surface area contributed by atoms with Gasteiger partial charge in [-0.15, -0.1) is 0 Å². The van der Waals surface area contributed by atoms with E-state index < -0.39 is 23.6 Å². The molecule has 3 rings (SSSR count). The third-order valence-corrected chi connectivity index (χ3v) is 3.86. The molecule has 26 heavy (non-hydrogen) atoms. The van der Waals surface area contributed by atoms with E-state index >= 15 is 0 Å². The lowest BCUT2D eigenvalue weighted by Crippen LogP contribution is -2.29. The smallest absolute Gasteiger partial charge is 0.334 e. The number of alkyl halides is 3. The zero-order chi connectivity index (χ0) is 18.9. The number of amides is 3. The van der Waals surface area contributed by atoms with Gasteiger partial charge in [0.25, 0.3) is 0 Å². The quantitative estimate of drug-likeness (QED) is 0.725. The van der Waals surface area contributed by atoms with Crippen LogP contribution in [0, 0.1) is 5.82 Å². The molecule has 1 aliphatic heterocycles. The zero-order valence-corrected chi connectivity index (χ0v) is 13.2. The molecule has 0 saturated heterocycles. The Kier molecular flexibility index (Phi) is 4.54. The summed E-state index contributed by atoms with van der Waals surface area (Å²) >= 11 is 0. The molecule has 9 heteroatoms. The minimum Gasteiger partial charge on any atom is -0.334 e. The molecule has 0 radical (unpaired) electrons. The maximum Gasteiger partial charge on any atom is 0.416 e. The lowest BCUT2D eigenvalue weighted by atomic mass is 10.1. The van der Waals surface area contributed by atoms with Crippen molar-refractivity contribution >= 4 is 23.3 Å². The topological polar surface area (TPSA) is 70.2 Å². The Hall–Kier alpha value is -3.10. The van der Waals surface area contributed by atoms with Gasteiger partial charge in [0, 0.05) is 29.0 Å². The van der Waals surface area contributed by atoms with Crippen LogP contribution in [0.25, 0.3) is 0 Å². The van der Waals surface area contributed by atoms with Crippen LogP contribution in [0.1, 0.15) is 16.7 Å². The molecule has 0 aromatic heterocycles. The summed E-state index contributed by atoms with van der Waals surface area (Å²) in [4.78, 5) is 23.4. The molecule has 0 bridgehead atoms. The second kappa shape index (κ2) is 6.66. The first-order chi connectivity index (χ1) is 12.2. The Bertz CT molecular complexity index is 881. The fraction of sp³-hybridized carbons (Fsp3) is 0.176. The van der Waals surface area contributed by atoms with E-state index in [0.717, 1.165) is 12.1 Å². The fourth-order valence-electron chi connectivity index (χ4n) is 2.58. The minimum atomic E-state index is -4.64. The van der Waals surface area contributed by atoms with E-state index in [0.29, 0.717) is 23.0 Å². The predicted octanol–water partition coefficient (Wildman–Crippen LogP) is 3.66. The summed E-state index contributed by atoms with van der Waals surface area (Å²) in [5.41, 5.74) is 0.477. The maximum absolute atomic E-state index is 13.8. The Morgan fingerprint density at radius 1 is 1.19 bits per heavy atom. The lowest BCUT2D eigenvalue weighted by molar-refractivity contribution is -0.137. The summed E-state index contributed by atoms with van der Waals surface area (Å²) < 4.78 is 51.3. The van der Waals surface area contributed by atoms with E-state index in [1.54, 1.807) is 18.2 Å². The SMILES string of the molecule is O=C1Cc2c(cccc2NC(=O)NCc2ccc(C(F)(F)F)cc2F)N1. The highest BCUT2D eigenvalue weighted by Crippen LogP contribution is 2.31. The molecule has 3 N–H and O–H groups in total. The van der Waals surface area contributed by atoms with Crippen LogP contribution in [-0.2, 0) is 23.9 Å². The van der Waals surface area contributed by atoms with E-state index in [4.69, 9.17) is 0 Å². The van der Waals surface area contributed by atoms with Crippen molar-refractivity contribution in [2.45, 2.75) is 19.1 Å². The molecule has 136 valence electrons. The number of halogens is 4. The van der Waals surface area contributed by atoms with E-state index in [1.165, 1.54) is 0 Å². The van der Waals surface area contributed by atoms with Gasteiger partial charge in [-0.2, -0.15) is 13.2 Å². The van der Waals surface area contributed by atoms with Crippen LogP contribution in [-0.4, -0.2) is 11.9 Å². The molecule has 1 aliphatic rings. The fourth-order valence-corrected chi connectivity index (χ4v) is 2.58. The monoisotopic (exact) mass is 367 g/mol. The van der Waals surface area contributed by atoms with Crippen LogP contribution in [0.3, 0.4) is 0 Å². The number of rotatable bonds is 3. The number of hydrogen-bond acceptors (Lipinski definition) is 2. The number of nitrogens with one attached hydrogen (secondary N) is 3. The summed E-state index contributed by atoms with van der Waals surface area (Å²) in [6.45, 7) is -0.290. The highest BCUT2D eigenvalue weighted by atomic mass is 19.4. The standard InChI is InChI=1S/C17H13F4N3O2/c18-12-6-10(17(19,20)21)5-4-9(12)8-22-16(26)24-14-3-1-2-13-11(14)7-15(25)23-13/h1-6H,7-8H2,(H,23,25)(H2,22,24,26). The van der Waals surface area contributed by atoms with Gasteiger partial charge in [-0.05, 0) is 24.3 Å². The van der Waals surface area contributed by atoms with Gasteiger partial charge in [0.1, 0.15) is 5.82 Å². The number of benzene rings is 2. The molecule has 0 unspecified atom stereocenters. The van der Waals surface area contributed by atoms with Crippen molar-refractivity contribution in [3.63, 3.8) is 0 Å². The Balaban J connectivity index is 1.64. The molecule has 1 heterocycles. The average Bonchev–Trinajstić information content (AvgIpc) is 2.94. The van der Waals surface area contributed by atoms with Crippen molar-refractivity contribution in [2.75, 3.05) is 10.6 Å². The molecule has 0 saturated carbocycles. The summed E-state index contributed by atoms with van der Waals surface area (Å²) in [6.07, 6.45) is -4.51. The van der Waals surface area contributed by atoms with Crippen molar-refractivity contribution in [1.82, 2.24) is 5.32 Å². The van der Waals surface area contributed by atoms with Crippen LogP contribution >= 0.6 is 0 Å². The van der Waals surface area contributed by atoms with Crippen molar-refractivity contribution in [3.8, 4) is 0 Å². The largest absolute Gasteiger partial charge is 0.416 e. The molecule has 0 aliphatic carbocycles. The highest BCUT2D eigenvalue weighted by molar-refractivity contribution is 6.03. The summed E-state index contributed by atoms with van der Waals surface area (Å²) in [5, 5.41) is 7.56. The summed E-state index contributed by atoms with van der Waals surface area (Å²) in [5.74, 6) is -1.25. The molecule has 3 amide bonds. The number of hydrogen-bond donors (Lipinski definition) is 3. The molecule has 0 fully saturated rings. The van der Waals surface area contributed by atoms with Gasteiger partial charge < -0.3 is 16.0 Å². The van der Waals surface area contributed by atoms with E-state index in [9.17, 15) is 27.2 Å². The van der Waals surface area contributed by atoms with Crippen LogP contribution in [0.15, 0.2) is 36.4 Å². The number of urea groups is 1. The molecule has 5 nitrogen and oxygen atoms in total. The average molecular weight is 367 g/mol. The highest BCUT2D eigenvalue weighted by Gasteiger charge is 2.31. The number of anilines is 2. The van der Waals surface area contributed by atoms with Gasteiger partial charge in [-0.1, -0.05) is 12.1 Å². The minimum absolute atomic E-state index is 0.0803. The predicted molar refractivity (Wildman–Crippen MR) is 86.0 cm³/mol. The van der Waals surface area contributed by atoms with Gasteiger partial charge in [-0.3, -0.25) is 4.79 Å².